The van der Waals surface area contributed by atoms with Crippen LogP contribution in [0.2, 0.25) is 5.02 Å². The number of anilines is 1. The molecule has 1 rings (SSSR count). The van der Waals surface area contributed by atoms with Crippen LogP contribution in [0.15, 0.2) is 12.1 Å². The Morgan fingerprint density at radius 3 is 2.46 bits per heavy atom. The van der Waals surface area contributed by atoms with Gasteiger partial charge in [-0.05, 0) is 25.0 Å². The van der Waals surface area contributed by atoms with Crippen molar-refractivity contribution in [2.45, 2.75) is 26.7 Å². The van der Waals surface area contributed by atoms with Gasteiger partial charge in [0.15, 0.2) is 0 Å². The van der Waals surface area contributed by atoms with Crippen molar-refractivity contribution in [2.75, 3.05) is 37.8 Å². The van der Waals surface area contributed by atoms with E-state index in [1.807, 2.05) is 6.92 Å². The number of aryl methyl sites for hydroxylation is 1. The van der Waals surface area contributed by atoms with Crippen LogP contribution in [-0.4, -0.2) is 52.7 Å². The number of amides is 1. The summed E-state index contributed by atoms with van der Waals surface area (Å²) in [6.07, 6.45) is 2.89. The molecule has 8 heteroatoms. The largest absolute Gasteiger partial charge is 0.494 e. The topological polar surface area (TPSA) is 66.9 Å². The molecule has 0 N–H and O–H groups in total. The molecule has 0 aromatic heterocycles. The summed E-state index contributed by atoms with van der Waals surface area (Å²) in [5.74, 6) is 0.0311. The molecule has 1 amide bonds. The lowest BCUT2D eigenvalue weighted by atomic mass is 10.2. The van der Waals surface area contributed by atoms with E-state index in [1.54, 1.807) is 26.1 Å². The third kappa shape index (κ3) is 5.27. The lowest BCUT2D eigenvalue weighted by Crippen LogP contribution is -2.41. The Labute approximate surface area is 149 Å². The lowest BCUT2D eigenvalue weighted by Gasteiger charge is -2.27. The highest BCUT2D eigenvalue weighted by Crippen LogP contribution is 2.35. The van der Waals surface area contributed by atoms with Crippen molar-refractivity contribution in [2.24, 2.45) is 0 Å². The summed E-state index contributed by atoms with van der Waals surface area (Å²) in [4.78, 5) is 13.9. The van der Waals surface area contributed by atoms with Crippen molar-refractivity contribution in [3.05, 3.63) is 22.7 Å². The maximum absolute atomic E-state index is 12.4. The van der Waals surface area contributed by atoms with Crippen LogP contribution in [0.25, 0.3) is 0 Å². The van der Waals surface area contributed by atoms with E-state index in [0.29, 0.717) is 28.6 Å². The van der Waals surface area contributed by atoms with Crippen LogP contribution in [0.5, 0.6) is 5.75 Å². The van der Waals surface area contributed by atoms with Gasteiger partial charge in [-0.15, -0.1) is 0 Å². The Hall–Kier alpha value is -1.47. The first kappa shape index (κ1) is 20.6. The highest BCUT2D eigenvalue weighted by Gasteiger charge is 2.26. The molecule has 0 atom stereocenters. The molecule has 0 bridgehead atoms. The van der Waals surface area contributed by atoms with Gasteiger partial charge in [0.1, 0.15) is 12.3 Å². The van der Waals surface area contributed by atoms with Crippen LogP contribution < -0.4 is 9.04 Å². The fourth-order valence-electron chi connectivity index (χ4n) is 2.15. The third-order valence-corrected chi connectivity index (χ3v) is 5.21. The second-order valence-electron chi connectivity index (χ2n) is 5.71. The van der Waals surface area contributed by atoms with E-state index in [2.05, 4.69) is 0 Å². The van der Waals surface area contributed by atoms with Crippen molar-refractivity contribution in [1.82, 2.24) is 4.90 Å². The van der Waals surface area contributed by atoms with Gasteiger partial charge in [-0.25, -0.2) is 8.42 Å². The minimum atomic E-state index is -3.67. The molecule has 0 heterocycles. The Kier molecular flexibility index (Phi) is 7.35. The van der Waals surface area contributed by atoms with Gasteiger partial charge >= 0.3 is 0 Å². The van der Waals surface area contributed by atoms with E-state index in [9.17, 15) is 13.2 Å². The van der Waals surface area contributed by atoms with Crippen LogP contribution in [-0.2, 0) is 14.8 Å². The molecule has 0 saturated heterocycles. The average molecular weight is 377 g/mol. The van der Waals surface area contributed by atoms with Gasteiger partial charge in [0.2, 0.25) is 15.9 Å². The summed E-state index contributed by atoms with van der Waals surface area (Å²) < 4.78 is 30.8. The van der Waals surface area contributed by atoms with Crippen molar-refractivity contribution in [3.63, 3.8) is 0 Å². The fraction of sp³-hybridized carbons (Fsp3) is 0.562. The van der Waals surface area contributed by atoms with Crippen molar-refractivity contribution < 1.29 is 17.9 Å². The number of unbranched alkanes of at least 4 members (excludes halogenated alkanes) is 1. The molecule has 0 saturated carbocycles. The van der Waals surface area contributed by atoms with Gasteiger partial charge in [0.25, 0.3) is 0 Å². The molecule has 0 radical (unpaired) electrons. The molecule has 136 valence electrons. The monoisotopic (exact) mass is 376 g/mol. The molecule has 1 aromatic carbocycles. The van der Waals surface area contributed by atoms with E-state index in [4.69, 9.17) is 16.3 Å². The van der Waals surface area contributed by atoms with E-state index in [1.165, 1.54) is 12.0 Å². The first-order valence-corrected chi connectivity index (χ1v) is 9.90. The zero-order valence-electron chi connectivity index (χ0n) is 14.8. The molecular weight excluding hydrogens is 352 g/mol. The second kappa shape index (κ2) is 8.58. The Bertz CT molecular complexity index is 692. The standard InChI is InChI=1S/C16H25ClN2O4S/c1-6-7-8-18(3)16(20)11-19(24(5,21)22)14-9-12(2)13(17)10-15(14)23-4/h9-10H,6-8,11H2,1-5H3. The molecular formula is C16H25ClN2O4S. The van der Waals surface area contributed by atoms with Gasteiger partial charge in [-0.1, -0.05) is 24.9 Å². The quantitative estimate of drug-likeness (QED) is 0.699. The van der Waals surface area contributed by atoms with Gasteiger partial charge in [0.05, 0.1) is 19.1 Å². The predicted octanol–water partition coefficient (Wildman–Crippen LogP) is 2.68. The maximum Gasteiger partial charge on any atom is 0.243 e. The number of nitrogens with zero attached hydrogens (tertiary/aromatic N) is 2. The van der Waals surface area contributed by atoms with Gasteiger partial charge in [0, 0.05) is 24.7 Å². The number of benzene rings is 1. The number of carbonyl (C=O) groups excluding carboxylic acids is 1. The van der Waals surface area contributed by atoms with Crippen LogP contribution in [0, 0.1) is 6.92 Å². The maximum atomic E-state index is 12.4. The highest BCUT2D eigenvalue weighted by molar-refractivity contribution is 7.92. The number of methoxy groups -OCH3 is 1. The number of rotatable bonds is 8. The number of sulfonamides is 1. The van der Waals surface area contributed by atoms with E-state index >= 15 is 0 Å². The normalized spacial score (nSPS) is 11.2. The number of halogens is 1. The second-order valence-corrected chi connectivity index (χ2v) is 8.03. The van der Waals surface area contributed by atoms with Gasteiger partial charge in [-0.2, -0.15) is 0 Å². The Morgan fingerprint density at radius 1 is 1.33 bits per heavy atom. The van der Waals surface area contributed by atoms with Crippen LogP contribution in [0.1, 0.15) is 25.3 Å². The van der Waals surface area contributed by atoms with Gasteiger partial charge < -0.3 is 9.64 Å². The molecule has 0 unspecified atom stereocenters. The number of likely N-dealkylation sites (N-methyl/N-ethyl adjacent to an activating group) is 1. The van der Waals surface area contributed by atoms with Crippen LogP contribution in [0.3, 0.4) is 0 Å². The van der Waals surface area contributed by atoms with E-state index in [-0.39, 0.29) is 12.5 Å². The SMILES string of the molecule is CCCCN(C)C(=O)CN(c1cc(C)c(Cl)cc1OC)S(C)(=O)=O. The van der Waals surface area contributed by atoms with Crippen LogP contribution >= 0.6 is 11.6 Å². The smallest absolute Gasteiger partial charge is 0.243 e. The highest BCUT2D eigenvalue weighted by atomic mass is 35.5. The Balaban J connectivity index is 3.21. The molecule has 24 heavy (non-hydrogen) atoms. The summed E-state index contributed by atoms with van der Waals surface area (Å²) in [5, 5.41) is 0.468. The summed E-state index contributed by atoms with van der Waals surface area (Å²) in [5.41, 5.74) is 1.01. The summed E-state index contributed by atoms with van der Waals surface area (Å²) in [6, 6.07) is 3.16. The van der Waals surface area contributed by atoms with E-state index < -0.39 is 10.0 Å². The first-order chi connectivity index (χ1) is 11.1. The molecule has 0 aliphatic carbocycles. The molecule has 0 fully saturated rings. The molecule has 1 aromatic rings. The predicted molar refractivity (Wildman–Crippen MR) is 97.5 cm³/mol. The minimum absolute atomic E-state index is 0.275. The zero-order chi connectivity index (χ0) is 18.5. The third-order valence-electron chi connectivity index (χ3n) is 3.68. The molecule has 6 nitrogen and oxygen atoms in total. The average Bonchev–Trinajstić information content (AvgIpc) is 2.51. The number of hydrogen-bond acceptors (Lipinski definition) is 4. The zero-order valence-corrected chi connectivity index (χ0v) is 16.4. The van der Waals surface area contributed by atoms with E-state index in [0.717, 1.165) is 23.4 Å². The summed E-state index contributed by atoms with van der Waals surface area (Å²) in [6.45, 7) is 4.10. The molecule has 0 aliphatic rings. The molecule has 0 aliphatic heterocycles. The Morgan fingerprint density at radius 2 is 1.96 bits per heavy atom. The fourth-order valence-corrected chi connectivity index (χ4v) is 3.15. The van der Waals surface area contributed by atoms with Crippen molar-refractivity contribution >= 4 is 33.2 Å². The summed E-state index contributed by atoms with van der Waals surface area (Å²) in [7, 11) is -0.566. The van der Waals surface area contributed by atoms with Crippen molar-refractivity contribution in [1.29, 1.82) is 0 Å². The number of hydrogen-bond donors (Lipinski definition) is 0. The van der Waals surface area contributed by atoms with Crippen LogP contribution in [0.4, 0.5) is 5.69 Å². The molecule has 0 spiro atoms. The van der Waals surface area contributed by atoms with Crippen molar-refractivity contribution in [3.8, 4) is 5.75 Å². The summed E-state index contributed by atoms with van der Waals surface area (Å²) >= 11 is 6.07. The van der Waals surface area contributed by atoms with Gasteiger partial charge in [-0.3, -0.25) is 9.10 Å². The lowest BCUT2D eigenvalue weighted by molar-refractivity contribution is -0.128. The number of carbonyl (C=O) groups is 1. The minimum Gasteiger partial charge on any atom is -0.494 e. The first-order valence-electron chi connectivity index (χ1n) is 7.67. The number of ether oxygens (including phenoxy) is 1.